The van der Waals surface area contributed by atoms with Gasteiger partial charge in [0, 0.05) is 22.5 Å². The van der Waals surface area contributed by atoms with Gasteiger partial charge in [-0.05, 0) is 79.2 Å². The number of fused-ring (bicyclic) bond motifs is 5. The highest BCUT2D eigenvalue weighted by Crippen LogP contribution is 2.40. The van der Waals surface area contributed by atoms with Gasteiger partial charge in [0.1, 0.15) is 0 Å². The number of aromatic nitrogens is 2. The van der Waals surface area contributed by atoms with Crippen molar-refractivity contribution in [1.29, 1.82) is 0 Å². The molecule has 2 heterocycles. The summed E-state index contributed by atoms with van der Waals surface area (Å²) in [6.07, 6.45) is 1.85. The maximum Gasteiger partial charge on any atom is 0.0978 e. The van der Waals surface area contributed by atoms with Crippen LogP contribution in [-0.4, -0.2) is 9.97 Å². The number of hydrogen-bond donors (Lipinski definition) is 0. The average molecular weight is 585 g/mol. The second-order valence-electron chi connectivity index (χ2n) is 11.8. The van der Waals surface area contributed by atoms with Crippen molar-refractivity contribution in [3.63, 3.8) is 0 Å². The van der Waals surface area contributed by atoms with E-state index in [0.717, 1.165) is 44.2 Å². The quantitative estimate of drug-likeness (QED) is 0.152. The minimum Gasteiger partial charge on any atom is -0.254 e. The Labute approximate surface area is 267 Å². The van der Waals surface area contributed by atoms with Crippen molar-refractivity contribution >= 4 is 43.4 Å². The molecule has 0 radical (unpaired) electrons. The van der Waals surface area contributed by atoms with Crippen LogP contribution >= 0.6 is 0 Å². The maximum absolute atomic E-state index is 5.16. The highest BCUT2D eigenvalue weighted by Gasteiger charge is 2.15. The monoisotopic (exact) mass is 584 g/mol. The second-order valence-corrected chi connectivity index (χ2v) is 11.8. The molecule has 2 aromatic heterocycles. The number of nitrogens with zero attached hydrogens (tertiary/aromatic N) is 2. The zero-order valence-electron chi connectivity index (χ0n) is 25.1. The molecule has 0 aliphatic rings. The molecule has 0 saturated carbocycles. The predicted octanol–water partition coefficient (Wildman–Crippen LogP) is 11.8. The normalized spacial score (nSPS) is 11.5. The van der Waals surface area contributed by atoms with Crippen LogP contribution in [0.1, 0.15) is 0 Å². The lowest BCUT2D eigenvalue weighted by Crippen LogP contribution is -1.92. The fourth-order valence-electron chi connectivity index (χ4n) is 6.83. The Morgan fingerprint density at radius 2 is 1.00 bits per heavy atom. The van der Waals surface area contributed by atoms with Crippen LogP contribution in [-0.2, 0) is 0 Å². The topological polar surface area (TPSA) is 25.8 Å². The summed E-state index contributed by atoms with van der Waals surface area (Å²) in [7, 11) is 0. The zero-order chi connectivity index (χ0) is 30.5. The summed E-state index contributed by atoms with van der Waals surface area (Å²) < 4.78 is 0. The van der Waals surface area contributed by atoms with E-state index in [0.29, 0.717) is 0 Å². The molecule has 2 heteroatoms. The summed E-state index contributed by atoms with van der Waals surface area (Å²) in [5, 5.41) is 7.19. The molecule has 46 heavy (non-hydrogen) atoms. The predicted molar refractivity (Wildman–Crippen MR) is 194 cm³/mol. The highest BCUT2D eigenvalue weighted by atomic mass is 14.8. The fraction of sp³-hybridized carbons (Fsp3) is 0. The Bertz CT molecular complexity index is 2550. The number of benzene rings is 7. The molecule has 9 rings (SSSR count). The van der Waals surface area contributed by atoms with E-state index in [-0.39, 0.29) is 0 Å². The van der Waals surface area contributed by atoms with Crippen LogP contribution in [0.25, 0.3) is 88.0 Å². The first-order valence-corrected chi connectivity index (χ1v) is 15.7. The summed E-state index contributed by atoms with van der Waals surface area (Å²) in [4.78, 5) is 9.91. The number of pyridine rings is 2. The Morgan fingerprint density at radius 1 is 0.348 bits per heavy atom. The molecule has 0 aliphatic carbocycles. The second kappa shape index (κ2) is 10.8. The summed E-state index contributed by atoms with van der Waals surface area (Å²) in [5.74, 6) is 0. The molecule has 0 fully saturated rings. The summed E-state index contributed by atoms with van der Waals surface area (Å²) >= 11 is 0. The first-order chi connectivity index (χ1) is 22.8. The summed E-state index contributed by atoms with van der Waals surface area (Å²) in [5.41, 5.74) is 11.1. The van der Waals surface area contributed by atoms with Crippen molar-refractivity contribution in [1.82, 2.24) is 9.97 Å². The third-order valence-electron chi connectivity index (χ3n) is 9.07. The van der Waals surface area contributed by atoms with Gasteiger partial charge in [0.25, 0.3) is 0 Å². The minimum atomic E-state index is 0.924. The zero-order valence-corrected chi connectivity index (χ0v) is 25.1. The van der Waals surface area contributed by atoms with Gasteiger partial charge < -0.3 is 0 Å². The first-order valence-electron chi connectivity index (χ1n) is 15.7. The van der Waals surface area contributed by atoms with E-state index in [1.54, 1.807) is 0 Å². The van der Waals surface area contributed by atoms with Gasteiger partial charge >= 0.3 is 0 Å². The first kappa shape index (κ1) is 26.3. The van der Waals surface area contributed by atoms with E-state index in [1.165, 1.54) is 43.8 Å². The molecule has 0 N–H and O–H groups in total. The van der Waals surface area contributed by atoms with Crippen LogP contribution in [0, 0.1) is 0 Å². The standard InChI is InChI=1S/C44H28N2/c1-3-10-29(11-4-1)34-22-23-38-36(26-34)27-35-14-7-8-16-37(35)42(38)32-19-17-30(18-20-32)40-28-41(31-12-5-2-6-13-31)46-44-39(40)24-21-33-15-9-25-45-43(33)44/h1-28H. The Morgan fingerprint density at radius 3 is 1.83 bits per heavy atom. The van der Waals surface area contributed by atoms with Crippen molar-refractivity contribution in [2.45, 2.75) is 0 Å². The van der Waals surface area contributed by atoms with Crippen molar-refractivity contribution < 1.29 is 0 Å². The Balaban J connectivity index is 1.23. The van der Waals surface area contributed by atoms with E-state index in [4.69, 9.17) is 9.97 Å². The molecule has 2 nitrogen and oxygen atoms in total. The van der Waals surface area contributed by atoms with Gasteiger partial charge in [0.2, 0.25) is 0 Å². The van der Waals surface area contributed by atoms with Gasteiger partial charge in [-0.3, -0.25) is 4.98 Å². The highest BCUT2D eigenvalue weighted by molar-refractivity contribution is 6.14. The lowest BCUT2D eigenvalue weighted by molar-refractivity contribution is 1.37. The van der Waals surface area contributed by atoms with Crippen molar-refractivity contribution in [2.75, 3.05) is 0 Å². The van der Waals surface area contributed by atoms with Crippen LogP contribution in [0.4, 0.5) is 0 Å². The third-order valence-corrected chi connectivity index (χ3v) is 9.07. The Hall–Kier alpha value is -6.12. The van der Waals surface area contributed by atoms with Crippen molar-refractivity contribution in [2.24, 2.45) is 0 Å². The van der Waals surface area contributed by atoms with Crippen LogP contribution in [0.15, 0.2) is 170 Å². The van der Waals surface area contributed by atoms with E-state index in [1.807, 2.05) is 18.3 Å². The summed E-state index contributed by atoms with van der Waals surface area (Å²) in [6, 6.07) is 58.6. The van der Waals surface area contributed by atoms with Crippen LogP contribution < -0.4 is 0 Å². The molecule has 214 valence electrons. The molecule has 0 atom stereocenters. The molecule has 0 amide bonds. The molecular weight excluding hydrogens is 556 g/mol. The van der Waals surface area contributed by atoms with Crippen LogP contribution in [0.3, 0.4) is 0 Å². The summed E-state index contributed by atoms with van der Waals surface area (Å²) in [6.45, 7) is 0. The third kappa shape index (κ3) is 4.43. The van der Waals surface area contributed by atoms with Crippen LogP contribution in [0.5, 0.6) is 0 Å². The molecular formula is C44H28N2. The SMILES string of the molecule is c1ccc(-c2ccc3c(-c4ccc(-c5cc(-c6ccccc6)nc6c5ccc5cccnc56)cc4)c4ccccc4cc3c2)cc1. The van der Waals surface area contributed by atoms with Crippen LogP contribution in [0.2, 0.25) is 0 Å². The van der Waals surface area contributed by atoms with Gasteiger partial charge in [0.15, 0.2) is 0 Å². The lowest BCUT2D eigenvalue weighted by Gasteiger charge is -2.15. The Kier molecular flexibility index (Phi) is 6.17. The van der Waals surface area contributed by atoms with E-state index in [9.17, 15) is 0 Å². The molecule has 9 aromatic rings. The molecule has 0 unspecified atom stereocenters. The fourth-order valence-corrected chi connectivity index (χ4v) is 6.83. The molecule has 0 spiro atoms. The molecule has 0 bridgehead atoms. The minimum absolute atomic E-state index is 0.924. The molecule has 0 saturated heterocycles. The van der Waals surface area contributed by atoms with E-state index in [2.05, 4.69) is 152 Å². The van der Waals surface area contributed by atoms with E-state index < -0.39 is 0 Å². The van der Waals surface area contributed by atoms with Gasteiger partial charge in [-0.25, -0.2) is 4.98 Å². The average Bonchev–Trinajstić information content (AvgIpc) is 3.14. The molecule has 7 aromatic carbocycles. The van der Waals surface area contributed by atoms with Gasteiger partial charge in [-0.1, -0.05) is 140 Å². The number of rotatable bonds is 4. The smallest absolute Gasteiger partial charge is 0.0978 e. The number of hydrogen-bond acceptors (Lipinski definition) is 2. The largest absolute Gasteiger partial charge is 0.254 e. The van der Waals surface area contributed by atoms with Gasteiger partial charge in [-0.2, -0.15) is 0 Å². The van der Waals surface area contributed by atoms with E-state index >= 15 is 0 Å². The van der Waals surface area contributed by atoms with Gasteiger partial charge in [0.05, 0.1) is 16.7 Å². The van der Waals surface area contributed by atoms with Crippen molar-refractivity contribution in [3.05, 3.63) is 170 Å². The van der Waals surface area contributed by atoms with Crippen molar-refractivity contribution in [3.8, 4) is 44.6 Å². The molecule has 0 aliphatic heterocycles. The van der Waals surface area contributed by atoms with Gasteiger partial charge in [-0.15, -0.1) is 0 Å². The lowest BCUT2D eigenvalue weighted by atomic mass is 9.89. The maximum atomic E-state index is 5.16.